The van der Waals surface area contributed by atoms with Crippen LogP contribution in [0.25, 0.3) is 0 Å². The fraction of sp³-hybridized carbons (Fsp3) is 0.538. The van der Waals surface area contributed by atoms with E-state index in [9.17, 15) is 4.79 Å². The lowest BCUT2D eigenvalue weighted by atomic mass is 10.1. The molecule has 2 N–H and O–H groups in total. The molecule has 1 aromatic rings. The van der Waals surface area contributed by atoms with Crippen LogP contribution in [-0.2, 0) is 0 Å². The van der Waals surface area contributed by atoms with Gasteiger partial charge in [0.05, 0.1) is 11.3 Å². The first kappa shape index (κ1) is 13.5. The number of nitrogens with one attached hydrogen (secondary N) is 2. The molecule has 1 amide bonds. The number of rotatable bonds is 5. The standard InChI is InChI=1S/C13H21N3O/c1-5-15-12-6-7-14-8-11(12)13(17)16-10(4)9(2)3/h6-10H,5H2,1-4H3,(H,14,15)(H,16,17). The molecular formula is C13H21N3O. The maximum absolute atomic E-state index is 12.1. The summed E-state index contributed by atoms with van der Waals surface area (Å²) in [4.78, 5) is 16.1. The van der Waals surface area contributed by atoms with Crippen LogP contribution in [0.5, 0.6) is 0 Å². The Hall–Kier alpha value is -1.58. The van der Waals surface area contributed by atoms with Crippen LogP contribution >= 0.6 is 0 Å². The molecule has 4 nitrogen and oxygen atoms in total. The molecule has 0 aliphatic heterocycles. The average molecular weight is 235 g/mol. The van der Waals surface area contributed by atoms with Gasteiger partial charge in [0.15, 0.2) is 0 Å². The highest BCUT2D eigenvalue weighted by molar-refractivity contribution is 5.99. The van der Waals surface area contributed by atoms with Gasteiger partial charge in [-0.15, -0.1) is 0 Å². The first-order chi connectivity index (χ1) is 8.06. The lowest BCUT2D eigenvalue weighted by Crippen LogP contribution is -2.36. The maximum Gasteiger partial charge on any atom is 0.255 e. The Bertz CT molecular complexity index is 377. The summed E-state index contributed by atoms with van der Waals surface area (Å²) in [5.74, 6) is 0.341. The second kappa shape index (κ2) is 6.23. The molecular weight excluding hydrogens is 214 g/mol. The van der Waals surface area contributed by atoms with Crippen molar-refractivity contribution in [3.63, 3.8) is 0 Å². The molecule has 0 saturated heterocycles. The van der Waals surface area contributed by atoms with Crippen molar-refractivity contribution < 1.29 is 4.79 Å². The normalized spacial score (nSPS) is 12.3. The summed E-state index contributed by atoms with van der Waals surface area (Å²) >= 11 is 0. The lowest BCUT2D eigenvalue weighted by molar-refractivity contribution is 0.0931. The monoisotopic (exact) mass is 235 g/mol. The van der Waals surface area contributed by atoms with Crippen molar-refractivity contribution >= 4 is 11.6 Å². The van der Waals surface area contributed by atoms with E-state index in [0.717, 1.165) is 12.2 Å². The van der Waals surface area contributed by atoms with Crippen LogP contribution in [0.1, 0.15) is 38.1 Å². The van der Waals surface area contributed by atoms with Crippen LogP contribution in [0, 0.1) is 5.92 Å². The molecule has 17 heavy (non-hydrogen) atoms. The summed E-state index contributed by atoms with van der Waals surface area (Å²) in [5, 5.41) is 6.13. The quantitative estimate of drug-likeness (QED) is 0.823. The smallest absolute Gasteiger partial charge is 0.255 e. The molecule has 94 valence electrons. The SMILES string of the molecule is CCNc1ccncc1C(=O)NC(C)C(C)C. The zero-order valence-electron chi connectivity index (χ0n) is 10.9. The summed E-state index contributed by atoms with van der Waals surface area (Å²) < 4.78 is 0. The summed E-state index contributed by atoms with van der Waals surface area (Å²) in [6.45, 7) is 8.95. The average Bonchev–Trinajstić information content (AvgIpc) is 2.29. The van der Waals surface area contributed by atoms with E-state index in [1.807, 2.05) is 19.9 Å². The van der Waals surface area contributed by atoms with Crippen molar-refractivity contribution in [1.29, 1.82) is 0 Å². The van der Waals surface area contributed by atoms with Crippen LogP contribution in [0.3, 0.4) is 0 Å². The number of amides is 1. The number of carbonyl (C=O) groups excluding carboxylic acids is 1. The molecule has 1 unspecified atom stereocenters. The van der Waals surface area contributed by atoms with Gasteiger partial charge in [-0.3, -0.25) is 9.78 Å². The number of carbonyl (C=O) groups is 1. The third-order valence-corrected chi connectivity index (χ3v) is 2.79. The van der Waals surface area contributed by atoms with Crippen molar-refractivity contribution in [1.82, 2.24) is 10.3 Å². The number of aromatic nitrogens is 1. The number of anilines is 1. The second-order valence-corrected chi connectivity index (χ2v) is 4.46. The summed E-state index contributed by atoms with van der Waals surface area (Å²) in [6.07, 6.45) is 3.28. The van der Waals surface area contributed by atoms with E-state index in [4.69, 9.17) is 0 Å². The van der Waals surface area contributed by atoms with Gasteiger partial charge in [0, 0.05) is 25.0 Å². The number of pyridine rings is 1. The van der Waals surface area contributed by atoms with E-state index in [1.54, 1.807) is 12.4 Å². The van der Waals surface area contributed by atoms with Gasteiger partial charge in [-0.05, 0) is 25.8 Å². The second-order valence-electron chi connectivity index (χ2n) is 4.46. The maximum atomic E-state index is 12.1. The highest BCUT2D eigenvalue weighted by Crippen LogP contribution is 2.13. The van der Waals surface area contributed by atoms with Gasteiger partial charge < -0.3 is 10.6 Å². The van der Waals surface area contributed by atoms with Crippen molar-refractivity contribution in [3.05, 3.63) is 24.0 Å². The van der Waals surface area contributed by atoms with Crippen LogP contribution in [0.4, 0.5) is 5.69 Å². The molecule has 4 heteroatoms. The molecule has 0 aliphatic carbocycles. The van der Waals surface area contributed by atoms with Crippen molar-refractivity contribution in [3.8, 4) is 0 Å². The largest absolute Gasteiger partial charge is 0.385 e. The molecule has 1 aromatic heterocycles. The fourth-order valence-corrected chi connectivity index (χ4v) is 1.37. The first-order valence-corrected chi connectivity index (χ1v) is 6.05. The fourth-order valence-electron chi connectivity index (χ4n) is 1.37. The van der Waals surface area contributed by atoms with Gasteiger partial charge in [-0.1, -0.05) is 13.8 Å². The molecule has 0 radical (unpaired) electrons. The molecule has 0 fully saturated rings. The van der Waals surface area contributed by atoms with Crippen LogP contribution in [0.2, 0.25) is 0 Å². The highest BCUT2D eigenvalue weighted by atomic mass is 16.1. The molecule has 0 aromatic carbocycles. The van der Waals surface area contributed by atoms with E-state index < -0.39 is 0 Å². The van der Waals surface area contributed by atoms with Crippen LogP contribution in [-0.4, -0.2) is 23.5 Å². The zero-order chi connectivity index (χ0) is 12.8. The summed E-state index contributed by atoms with van der Waals surface area (Å²) in [6, 6.07) is 1.97. The zero-order valence-corrected chi connectivity index (χ0v) is 10.9. The Kier molecular flexibility index (Phi) is 4.94. The lowest BCUT2D eigenvalue weighted by Gasteiger charge is -2.18. The van der Waals surface area contributed by atoms with Crippen molar-refractivity contribution in [2.45, 2.75) is 33.7 Å². The van der Waals surface area contributed by atoms with E-state index in [0.29, 0.717) is 11.5 Å². The molecule has 0 spiro atoms. The van der Waals surface area contributed by atoms with Gasteiger partial charge >= 0.3 is 0 Å². The van der Waals surface area contributed by atoms with Gasteiger partial charge in [0.2, 0.25) is 0 Å². The Morgan fingerprint density at radius 3 is 2.71 bits per heavy atom. The Morgan fingerprint density at radius 2 is 2.12 bits per heavy atom. The molecule has 1 atom stereocenters. The predicted octanol–water partition coefficient (Wildman–Crippen LogP) is 2.29. The topological polar surface area (TPSA) is 54.0 Å². The van der Waals surface area contributed by atoms with Crippen LogP contribution < -0.4 is 10.6 Å². The van der Waals surface area contributed by atoms with Crippen LogP contribution in [0.15, 0.2) is 18.5 Å². The van der Waals surface area contributed by atoms with Gasteiger partial charge in [0.1, 0.15) is 0 Å². The van der Waals surface area contributed by atoms with E-state index in [-0.39, 0.29) is 11.9 Å². The van der Waals surface area contributed by atoms with E-state index >= 15 is 0 Å². The first-order valence-electron chi connectivity index (χ1n) is 6.05. The predicted molar refractivity (Wildman–Crippen MR) is 70.2 cm³/mol. The van der Waals surface area contributed by atoms with Crippen molar-refractivity contribution in [2.24, 2.45) is 5.92 Å². The third kappa shape index (κ3) is 3.73. The Balaban J connectivity index is 2.81. The summed E-state index contributed by atoms with van der Waals surface area (Å²) in [5.41, 5.74) is 1.43. The molecule has 0 aliphatic rings. The minimum Gasteiger partial charge on any atom is -0.385 e. The van der Waals surface area contributed by atoms with E-state index in [1.165, 1.54) is 0 Å². The minimum atomic E-state index is -0.0738. The number of hydrogen-bond acceptors (Lipinski definition) is 3. The van der Waals surface area contributed by atoms with Gasteiger partial charge in [-0.25, -0.2) is 0 Å². The van der Waals surface area contributed by atoms with Crippen molar-refractivity contribution in [2.75, 3.05) is 11.9 Å². The third-order valence-electron chi connectivity index (χ3n) is 2.79. The van der Waals surface area contributed by atoms with E-state index in [2.05, 4.69) is 29.5 Å². The molecule has 1 rings (SSSR count). The highest BCUT2D eigenvalue weighted by Gasteiger charge is 2.15. The molecule has 1 heterocycles. The minimum absolute atomic E-state index is 0.0738. The number of nitrogens with zero attached hydrogens (tertiary/aromatic N) is 1. The molecule has 0 saturated carbocycles. The van der Waals surface area contributed by atoms with Gasteiger partial charge in [-0.2, -0.15) is 0 Å². The Morgan fingerprint density at radius 1 is 1.41 bits per heavy atom. The Labute approximate surface area is 103 Å². The number of hydrogen-bond donors (Lipinski definition) is 2. The molecule has 0 bridgehead atoms. The summed E-state index contributed by atoms with van der Waals surface area (Å²) in [7, 11) is 0. The van der Waals surface area contributed by atoms with Gasteiger partial charge in [0.25, 0.3) is 5.91 Å².